The monoisotopic (exact) mass is 548 g/mol. The normalized spacial score (nSPS) is 11.8. The van der Waals surface area contributed by atoms with Crippen LogP contribution in [0, 0.1) is 0 Å². The molecule has 0 radical (unpaired) electrons. The molecule has 0 fully saturated rings. The number of benzene rings is 2. The van der Waals surface area contributed by atoms with Gasteiger partial charge in [-0.3, -0.25) is 0 Å². The van der Waals surface area contributed by atoms with Gasteiger partial charge in [0.25, 0.3) is 0 Å². The number of hydrogen-bond acceptors (Lipinski definition) is 4. The lowest BCUT2D eigenvalue weighted by atomic mass is 10.2. The molecule has 0 bridgehead atoms. The maximum atomic E-state index is 12.5. The van der Waals surface area contributed by atoms with E-state index >= 15 is 0 Å². The number of hydrogen-bond donors (Lipinski definition) is 2. The van der Waals surface area contributed by atoms with Gasteiger partial charge in [0, 0.05) is 37.8 Å². The van der Waals surface area contributed by atoms with Gasteiger partial charge >= 0.3 is 0 Å². The van der Waals surface area contributed by atoms with E-state index in [9.17, 15) is 8.42 Å². The Balaban J connectivity index is 0.00000420. The third-order valence-corrected chi connectivity index (χ3v) is 6.82. The lowest BCUT2D eigenvalue weighted by Gasteiger charge is -2.15. The Morgan fingerprint density at radius 3 is 2.34 bits per heavy atom. The first-order valence-electron chi connectivity index (χ1n) is 9.15. The molecular formula is C20H29IN4O2S2. The fourth-order valence-corrected chi connectivity index (χ4v) is 4.34. The van der Waals surface area contributed by atoms with Crippen LogP contribution in [0.1, 0.15) is 12.5 Å². The molecular weight excluding hydrogens is 519 g/mol. The summed E-state index contributed by atoms with van der Waals surface area (Å²) in [6, 6.07) is 17.2. The molecule has 0 saturated carbocycles. The lowest BCUT2D eigenvalue weighted by molar-refractivity contribution is 0.519. The number of halogens is 1. The molecule has 6 nitrogen and oxygen atoms in total. The van der Waals surface area contributed by atoms with Gasteiger partial charge in [-0.15, -0.1) is 35.7 Å². The van der Waals surface area contributed by atoms with Crippen molar-refractivity contribution in [2.45, 2.75) is 23.3 Å². The standard InChI is InChI=1S/C20H28N4O2S2.HI/c1-4-21-20(22-14-15-27-18-11-6-5-7-12-18)23-16-17-10-8-9-13-19(17)28(25,26)24(2)3;/h5-13H,4,14-16H2,1-3H3,(H2,21,22,23);1H. The van der Waals surface area contributed by atoms with Crippen LogP contribution >= 0.6 is 35.7 Å². The van der Waals surface area contributed by atoms with Gasteiger partial charge in [-0.1, -0.05) is 36.4 Å². The maximum absolute atomic E-state index is 12.5. The summed E-state index contributed by atoms with van der Waals surface area (Å²) in [4.78, 5) is 6.09. The second-order valence-electron chi connectivity index (χ2n) is 6.18. The largest absolute Gasteiger partial charge is 0.357 e. The zero-order chi connectivity index (χ0) is 20.4. The summed E-state index contributed by atoms with van der Waals surface area (Å²) < 4.78 is 26.2. The summed E-state index contributed by atoms with van der Waals surface area (Å²) in [5.74, 6) is 1.58. The Kier molecular flexibility index (Phi) is 11.6. The first-order valence-corrected chi connectivity index (χ1v) is 11.6. The molecule has 0 aromatic heterocycles. The van der Waals surface area contributed by atoms with E-state index in [1.165, 1.54) is 23.3 Å². The third-order valence-electron chi connectivity index (χ3n) is 3.89. The van der Waals surface area contributed by atoms with E-state index in [4.69, 9.17) is 0 Å². The van der Waals surface area contributed by atoms with E-state index < -0.39 is 10.0 Å². The van der Waals surface area contributed by atoms with Crippen LogP contribution in [0.2, 0.25) is 0 Å². The highest BCUT2D eigenvalue weighted by Crippen LogP contribution is 2.19. The molecule has 2 N–H and O–H groups in total. The van der Waals surface area contributed by atoms with Crippen molar-refractivity contribution in [2.24, 2.45) is 4.99 Å². The minimum atomic E-state index is -3.50. The fraction of sp³-hybridized carbons (Fsp3) is 0.350. The first kappa shape index (κ1) is 25.7. The fourth-order valence-electron chi connectivity index (χ4n) is 2.44. The molecule has 0 atom stereocenters. The second kappa shape index (κ2) is 13.1. The average Bonchev–Trinajstić information content (AvgIpc) is 2.70. The Bertz CT molecular complexity index is 875. The summed E-state index contributed by atoms with van der Waals surface area (Å²) in [6.45, 7) is 3.77. The molecule has 0 heterocycles. The number of thioether (sulfide) groups is 1. The number of rotatable bonds is 9. The molecule has 2 aromatic rings. The van der Waals surface area contributed by atoms with Gasteiger partial charge in [-0.2, -0.15) is 0 Å². The lowest BCUT2D eigenvalue weighted by Crippen LogP contribution is -2.38. The number of aliphatic imine (C=N–C) groups is 1. The van der Waals surface area contributed by atoms with Crippen molar-refractivity contribution in [1.82, 2.24) is 14.9 Å². The van der Waals surface area contributed by atoms with Crippen LogP contribution in [0.25, 0.3) is 0 Å². The van der Waals surface area contributed by atoms with Gasteiger partial charge in [0.15, 0.2) is 5.96 Å². The van der Waals surface area contributed by atoms with Crippen molar-refractivity contribution in [3.63, 3.8) is 0 Å². The topological polar surface area (TPSA) is 73.8 Å². The summed E-state index contributed by atoms with van der Waals surface area (Å²) in [5, 5.41) is 6.50. The van der Waals surface area contributed by atoms with Crippen molar-refractivity contribution < 1.29 is 8.42 Å². The van der Waals surface area contributed by atoms with Crippen LogP contribution in [-0.2, 0) is 16.6 Å². The molecule has 0 aliphatic heterocycles. The van der Waals surface area contributed by atoms with Gasteiger partial charge < -0.3 is 10.6 Å². The van der Waals surface area contributed by atoms with Crippen molar-refractivity contribution in [3.8, 4) is 0 Å². The van der Waals surface area contributed by atoms with Crippen molar-refractivity contribution >= 4 is 51.7 Å². The number of sulfonamides is 1. The molecule has 0 aliphatic rings. The van der Waals surface area contributed by atoms with Gasteiger partial charge in [-0.05, 0) is 30.7 Å². The SMILES string of the molecule is CCNC(=NCc1ccccc1S(=O)(=O)N(C)C)NCCSc1ccccc1.I. The highest BCUT2D eigenvalue weighted by atomic mass is 127. The molecule has 0 saturated heterocycles. The van der Waals surface area contributed by atoms with Crippen LogP contribution < -0.4 is 10.6 Å². The Hall–Kier alpha value is -1.30. The average molecular weight is 549 g/mol. The Morgan fingerprint density at radius 1 is 1.03 bits per heavy atom. The molecule has 0 amide bonds. The molecule has 0 unspecified atom stereocenters. The van der Waals surface area contributed by atoms with E-state index in [0.717, 1.165) is 18.8 Å². The highest BCUT2D eigenvalue weighted by Gasteiger charge is 2.20. The van der Waals surface area contributed by atoms with Crippen molar-refractivity contribution in [2.75, 3.05) is 32.9 Å². The van der Waals surface area contributed by atoms with E-state index in [-0.39, 0.29) is 30.5 Å². The maximum Gasteiger partial charge on any atom is 0.242 e. The predicted octanol–water partition coefficient (Wildman–Crippen LogP) is 3.40. The summed E-state index contributed by atoms with van der Waals surface area (Å²) >= 11 is 1.77. The van der Waals surface area contributed by atoms with Gasteiger partial charge in [-0.25, -0.2) is 17.7 Å². The summed E-state index contributed by atoms with van der Waals surface area (Å²) in [5.41, 5.74) is 0.673. The molecule has 0 aliphatic carbocycles. The van der Waals surface area contributed by atoms with Crippen LogP contribution in [0.5, 0.6) is 0 Å². The Labute approximate surface area is 195 Å². The number of guanidine groups is 1. The molecule has 2 aromatic carbocycles. The summed E-state index contributed by atoms with van der Waals surface area (Å²) in [7, 11) is -0.433. The minimum absolute atomic E-state index is 0. The minimum Gasteiger partial charge on any atom is -0.357 e. The molecule has 29 heavy (non-hydrogen) atoms. The molecule has 9 heteroatoms. The van der Waals surface area contributed by atoms with Gasteiger partial charge in [0.05, 0.1) is 11.4 Å². The van der Waals surface area contributed by atoms with Crippen LogP contribution in [0.3, 0.4) is 0 Å². The van der Waals surface area contributed by atoms with E-state index in [0.29, 0.717) is 16.4 Å². The summed E-state index contributed by atoms with van der Waals surface area (Å²) in [6.07, 6.45) is 0. The predicted molar refractivity (Wildman–Crippen MR) is 133 cm³/mol. The highest BCUT2D eigenvalue weighted by molar-refractivity contribution is 14.0. The van der Waals surface area contributed by atoms with E-state index in [1.807, 2.05) is 31.2 Å². The van der Waals surface area contributed by atoms with Crippen molar-refractivity contribution in [1.29, 1.82) is 0 Å². The molecule has 2 rings (SSSR count). The first-order chi connectivity index (χ1) is 13.4. The smallest absolute Gasteiger partial charge is 0.242 e. The zero-order valence-electron chi connectivity index (χ0n) is 17.0. The molecule has 0 spiro atoms. The van der Waals surface area contributed by atoms with Crippen LogP contribution in [0.15, 0.2) is 69.4 Å². The number of nitrogens with one attached hydrogen (secondary N) is 2. The zero-order valence-corrected chi connectivity index (χ0v) is 20.9. The van der Waals surface area contributed by atoms with E-state index in [2.05, 4.69) is 27.8 Å². The molecule has 160 valence electrons. The van der Waals surface area contributed by atoms with E-state index in [1.54, 1.807) is 30.0 Å². The van der Waals surface area contributed by atoms with Crippen LogP contribution in [-0.4, -0.2) is 51.6 Å². The second-order valence-corrected chi connectivity index (χ2v) is 9.47. The van der Waals surface area contributed by atoms with Crippen LogP contribution in [0.4, 0.5) is 0 Å². The number of nitrogens with zero attached hydrogens (tertiary/aromatic N) is 2. The van der Waals surface area contributed by atoms with Crippen molar-refractivity contribution in [3.05, 3.63) is 60.2 Å². The van der Waals surface area contributed by atoms with Gasteiger partial charge in [0.1, 0.15) is 0 Å². The van der Waals surface area contributed by atoms with Gasteiger partial charge in [0.2, 0.25) is 10.0 Å². The third kappa shape index (κ3) is 8.15. The quantitative estimate of drug-likeness (QED) is 0.165. The Morgan fingerprint density at radius 2 is 1.69 bits per heavy atom.